The predicted molar refractivity (Wildman–Crippen MR) is 139 cm³/mol. The van der Waals surface area contributed by atoms with Crippen molar-refractivity contribution in [1.82, 2.24) is 20.4 Å². The molecule has 0 aliphatic carbocycles. The summed E-state index contributed by atoms with van der Waals surface area (Å²) >= 11 is 5.23. The Hall–Kier alpha value is -1.71. The Labute approximate surface area is 198 Å². The highest BCUT2D eigenvalue weighted by Gasteiger charge is 2.06. The molecule has 2 heterocycles. The second kappa shape index (κ2) is 15.2. The highest BCUT2D eigenvalue weighted by molar-refractivity contribution is 7.99. The van der Waals surface area contributed by atoms with Gasteiger partial charge in [-0.25, -0.2) is 0 Å². The molecule has 0 aliphatic heterocycles. The van der Waals surface area contributed by atoms with Gasteiger partial charge in [-0.3, -0.25) is 0 Å². The van der Waals surface area contributed by atoms with Gasteiger partial charge in [0.2, 0.25) is 10.3 Å². The van der Waals surface area contributed by atoms with Gasteiger partial charge in [-0.15, -0.1) is 20.4 Å². The quantitative estimate of drug-likeness (QED) is 0.174. The smallest absolute Gasteiger partial charge is 0.205 e. The number of aryl methyl sites for hydroxylation is 2. The van der Waals surface area contributed by atoms with E-state index in [2.05, 4.69) is 57.5 Å². The largest absolute Gasteiger partial charge is 0.360 e. The molecule has 0 unspecified atom stereocenters. The Morgan fingerprint density at radius 1 is 0.968 bits per heavy atom. The number of aromatic nitrogens is 4. The van der Waals surface area contributed by atoms with Gasteiger partial charge in [-0.2, -0.15) is 11.8 Å². The van der Waals surface area contributed by atoms with Crippen LogP contribution < -0.4 is 10.6 Å². The zero-order valence-corrected chi connectivity index (χ0v) is 21.3. The van der Waals surface area contributed by atoms with Crippen LogP contribution in [0.3, 0.4) is 0 Å². The molecule has 170 valence electrons. The van der Waals surface area contributed by atoms with Gasteiger partial charge in [0, 0.05) is 25.9 Å². The molecule has 0 fully saturated rings. The van der Waals surface area contributed by atoms with Crippen molar-refractivity contribution in [2.24, 2.45) is 0 Å². The van der Waals surface area contributed by atoms with E-state index in [4.69, 9.17) is 0 Å². The SMILES string of the molecule is C=C(/C=C\C)CCNc1nnc(CCSCCc2nnc(NCC/C(C)=C/CC)s2)s1. The first-order valence-corrected chi connectivity index (χ1v) is 13.6. The summed E-state index contributed by atoms with van der Waals surface area (Å²) in [4.78, 5) is 0. The molecule has 31 heavy (non-hydrogen) atoms. The van der Waals surface area contributed by atoms with Crippen molar-refractivity contribution in [3.8, 4) is 0 Å². The van der Waals surface area contributed by atoms with Crippen molar-refractivity contribution in [2.75, 3.05) is 35.2 Å². The van der Waals surface area contributed by atoms with Crippen LogP contribution in [0.1, 0.15) is 50.0 Å². The molecular formula is C22H34N6S3. The van der Waals surface area contributed by atoms with Gasteiger partial charge in [0.25, 0.3) is 0 Å². The Morgan fingerprint density at radius 2 is 1.55 bits per heavy atom. The maximum Gasteiger partial charge on any atom is 0.205 e. The summed E-state index contributed by atoms with van der Waals surface area (Å²) in [7, 11) is 0. The first kappa shape index (κ1) is 25.5. The molecule has 0 aliphatic rings. The summed E-state index contributed by atoms with van der Waals surface area (Å²) in [5.41, 5.74) is 2.54. The maximum absolute atomic E-state index is 4.30. The number of rotatable bonds is 16. The van der Waals surface area contributed by atoms with Crippen LogP contribution >= 0.6 is 34.4 Å². The fourth-order valence-corrected chi connectivity index (χ4v) is 5.41. The van der Waals surface area contributed by atoms with E-state index in [1.54, 1.807) is 22.7 Å². The minimum atomic E-state index is 0.834. The van der Waals surface area contributed by atoms with Crippen LogP contribution in [0.4, 0.5) is 10.3 Å². The Morgan fingerprint density at radius 3 is 2.10 bits per heavy atom. The van der Waals surface area contributed by atoms with Crippen molar-refractivity contribution in [3.63, 3.8) is 0 Å². The third-order valence-electron chi connectivity index (χ3n) is 4.33. The van der Waals surface area contributed by atoms with Crippen LogP contribution in [0.15, 0.2) is 36.0 Å². The van der Waals surface area contributed by atoms with E-state index in [-0.39, 0.29) is 0 Å². The first-order valence-electron chi connectivity index (χ1n) is 10.8. The second-order valence-electron chi connectivity index (χ2n) is 7.08. The van der Waals surface area contributed by atoms with Crippen molar-refractivity contribution in [3.05, 3.63) is 46.0 Å². The predicted octanol–water partition coefficient (Wildman–Crippen LogP) is 6.00. The lowest BCUT2D eigenvalue weighted by Crippen LogP contribution is -2.01. The van der Waals surface area contributed by atoms with Crippen molar-refractivity contribution < 1.29 is 0 Å². The molecule has 0 saturated heterocycles. The molecule has 0 amide bonds. The van der Waals surface area contributed by atoms with Crippen LogP contribution in [0.5, 0.6) is 0 Å². The number of anilines is 2. The minimum absolute atomic E-state index is 0.834. The van der Waals surface area contributed by atoms with E-state index in [0.717, 1.165) is 82.6 Å². The van der Waals surface area contributed by atoms with Crippen LogP contribution in [-0.4, -0.2) is 45.0 Å². The standard InChI is InChI=1S/C22H34N6S3/c1-5-7-17(3)9-13-23-21-27-25-19(30-21)11-15-29-16-12-20-26-28-22(31-20)24-14-10-18(4)8-6-2/h5,7-8H,3,6,9-16H2,1-2,4H3,(H,23,27)(H,24,28)/b7-5-,18-8+. The maximum atomic E-state index is 4.30. The highest BCUT2D eigenvalue weighted by Crippen LogP contribution is 2.20. The van der Waals surface area contributed by atoms with Crippen LogP contribution in [-0.2, 0) is 12.8 Å². The van der Waals surface area contributed by atoms with Crippen molar-refractivity contribution >= 4 is 44.7 Å². The lowest BCUT2D eigenvalue weighted by molar-refractivity contribution is 0.950. The average molecular weight is 479 g/mol. The first-order chi connectivity index (χ1) is 15.1. The van der Waals surface area contributed by atoms with Gasteiger partial charge in [0.1, 0.15) is 10.0 Å². The Bertz CT molecular complexity index is 792. The van der Waals surface area contributed by atoms with E-state index in [0.29, 0.717) is 0 Å². The fourth-order valence-electron chi connectivity index (χ4n) is 2.74. The van der Waals surface area contributed by atoms with Gasteiger partial charge in [-0.05, 0) is 44.6 Å². The molecule has 0 bridgehead atoms. The van der Waals surface area contributed by atoms with E-state index in [1.807, 2.05) is 30.8 Å². The normalized spacial score (nSPS) is 11.9. The van der Waals surface area contributed by atoms with Gasteiger partial charge < -0.3 is 10.6 Å². The van der Waals surface area contributed by atoms with Gasteiger partial charge >= 0.3 is 0 Å². The molecule has 0 atom stereocenters. The minimum Gasteiger partial charge on any atom is -0.360 e. The molecule has 2 rings (SSSR count). The van der Waals surface area contributed by atoms with Gasteiger partial charge in [-0.1, -0.05) is 65.6 Å². The number of nitrogens with one attached hydrogen (secondary N) is 2. The lowest BCUT2D eigenvalue weighted by atomic mass is 10.2. The van der Waals surface area contributed by atoms with E-state index in [1.165, 1.54) is 5.57 Å². The zero-order chi connectivity index (χ0) is 22.3. The summed E-state index contributed by atoms with van der Waals surface area (Å²) in [6.07, 6.45) is 11.3. The lowest BCUT2D eigenvalue weighted by Gasteiger charge is -2.02. The summed E-state index contributed by atoms with van der Waals surface area (Å²) in [5.74, 6) is 2.09. The van der Waals surface area contributed by atoms with E-state index in [9.17, 15) is 0 Å². The molecule has 2 aromatic rings. The van der Waals surface area contributed by atoms with Gasteiger partial charge in [0.05, 0.1) is 0 Å². The summed E-state index contributed by atoms with van der Waals surface area (Å²) < 4.78 is 0. The molecule has 6 nitrogen and oxygen atoms in total. The molecule has 0 saturated carbocycles. The summed E-state index contributed by atoms with van der Waals surface area (Å²) in [6, 6.07) is 0. The van der Waals surface area contributed by atoms with Crippen LogP contribution in [0.25, 0.3) is 0 Å². The van der Waals surface area contributed by atoms with Crippen molar-refractivity contribution in [1.29, 1.82) is 0 Å². The second-order valence-corrected chi connectivity index (χ2v) is 10.4. The fraction of sp³-hybridized carbons (Fsp3) is 0.545. The number of nitrogens with zero attached hydrogens (tertiary/aromatic N) is 4. The number of allylic oxidation sites excluding steroid dienone is 3. The Kier molecular flexibility index (Phi) is 12.5. The molecule has 2 aromatic heterocycles. The molecule has 9 heteroatoms. The molecule has 0 spiro atoms. The molecular weight excluding hydrogens is 444 g/mol. The van der Waals surface area contributed by atoms with Gasteiger partial charge in [0.15, 0.2) is 0 Å². The molecule has 0 radical (unpaired) electrons. The third-order valence-corrected chi connectivity index (χ3v) is 7.19. The number of hydrogen-bond acceptors (Lipinski definition) is 9. The van der Waals surface area contributed by atoms with Crippen LogP contribution in [0, 0.1) is 0 Å². The monoisotopic (exact) mass is 478 g/mol. The van der Waals surface area contributed by atoms with E-state index >= 15 is 0 Å². The zero-order valence-electron chi connectivity index (χ0n) is 18.8. The van der Waals surface area contributed by atoms with Crippen molar-refractivity contribution in [2.45, 2.75) is 52.9 Å². The average Bonchev–Trinajstić information content (AvgIpc) is 3.38. The summed E-state index contributed by atoms with van der Waals surface area (Å²) in [5, 5.41) is 27.8. The third kappa shape index (κ3) is 10.9. The number of hydrogen-bond donors (Lipinski definition) is 2. The molecule has 0 aromatic carbocycles. The van der Waals surface area contributed by atoms with E-state index < -0.39 is 0 Å². The van der Waals surface area contributed by atoms with Crippen LogP contribution in [0.2, 0.25) is 0 Å². The molecule has 2 N–H and O–H groups in total. The number of thioether (sulfide) groups is 1. The Balaban J connectivity index is 1.56. The topological polar surface area (TPSA) is 75.6 Å². The summed E-state index contributed by atoms with van der Waals surface area (Å²) in [6.45, 7) is 12.1. The highest BCUT2D eigenvalue weighted by atomic mass is 32.2.